The van der Waals surface area contributed by atoms with Gasteiger partial charge in [0.2, 0.25) is 0 Å². The first-order chi connectivity index (χ1) is 13.6. The monoisotopic (exact) mass is 384 g/mol. The predicted octanol–water partition coefficient (Wildman–Crippen LogP) is 4.52. The van der Waals surface area contributed by atoms with Gasteiger partial charge in [-0.25, -0.2) is 0 Å². The Morgan fingerprint density at radius 3 is 2.68 bits per heavy atom. The molecule has 2 aliphatic rings. The van der Waals surface area contributed by atoms with Crippen LogP contribution in [-0.2, 0) is 0 Å². The number of fused-ring (bicyclic) bond motifs is 1. The third-order valence-electron chi connectivity index (χ3n) is 6.33. The highest BCUT2D eigenvalue weighted by Crippen LogP contribution is 2.30. The number of hydrogen-bond donors (Lipinski definition) is 1. The molecule has 152 valence electrons. The number of amides is 1. The third-order valence-corrected chi connectivity index (χ3v) is 6.33. The molecule has 5 heteroatoms. The average Bonchev–Trinajstić information content (AvgIpc) is 3.04. The molecule has 2 aromatic rings. The molecule has 1 saturated heterocycles. The molecule has 0 bridgehead atoms. The number of nitrogens with zero attached hydrogens (tertiary/aromatic N) is 1. The average molecular weight is 385 g/mol. The first kappa shape index (κ1) is 19.3. The second-order valence-electron chi connectivity index (χ2n) is 8.56. The minimum Gasteiger partial charge on any atom is -0.493 e. The van der Waals surface area contributed by atoms with Crippen molar-refractivity contribution >= 4 is 16.9 Å². The second kappa shape index (κ2) is 8.56. The van der Waals surface area contributed by atoms with Crippen LogP contribution in [-0.4, -0.2) is 43.6 Å². The van der Waals surface area contributed by atoms with Crippen molar-refractivity contribution in [1.29, 1.82) is 0 Å². The lowest BCUT2D eigenvalue weighted by Gasteiger charge is -2.29. The van der Waals surface area contributed by atoms with Crippen LogP contribution in [0.2, 0.25) is 0 Å². The molecule has 28 heavy (non-hydrogen) atoms. The normalized spacial score (nSPS) is 19.8. The van der Waals surface area contributed by atoms with Crippen molar-refractivity contribution in [1.82, 2.24) is 10.2 Å². The molecule has 0 unspecified atom stereocenters. The number of benzene rings is 1. The third kappa shape index (κ3) is 4.35. The van der Waals surface area contributed by atoms with Crippen molar-refractivity contribution in [2.75, 3.05) is 26.7 Å². The summed E-state index contributed by atoms with van der Waals surface area (Å²) in [4.78, 5) is 15.3. The topological polar surface area (TPSA) is 54.7 Å². The highest BCUT2D eigenvalue weighted by Gasteiger charge is 2.24. The standard InChI is InChI=1S/C23H32N2O3/c1-16-22(23(26)24-18-10-12-25(2)13-11-18)20-14-19(8-9-21(20)28-16)27-15-17-6-4-3-5-7-17/h8-9,14,17-18H,3-7,10-13,15H2,1-2H3,(H,24,26). The summed E-state index contributed by atoms with van der Waals surface area (Å²) in [5, 5.41) is 4.06. The fraction of sp³-hybridized carbons (Fsp3) is 0.609. The number of carbonyl (C=O) groups excluding carboxylic acids is 1. The van der Waals surface area contributed by atoms with Gasteiger partial charge in [-0.05, 0) is 76.9 Å². The Labute approximate surface area is 167 Å². The van der Waals surface area contributed by atoms with Gasteiger partial charge in [-0.3, -0.25) is 4.79 Å². The number of rotatable bonds is 5. The van der Waals surface area contributed by atoms with Crippen molar-refractivity contribution in [3.8, 4) is 5.75 Å². The van der Waals surface area contributed by atoms with E-state index in [1.807, 2.05) is 25.1 Å². The van der Waals surface area contributed by atoms with E-state index in [-0.39, 0.29) is 11.9 Å². The molecule has 4 rings (SSSR count). The number of carbonyl (C=O) groups is 1. The molecule has 1 amide bonds. The Balaban J connectivity index is 1.47. The molecule has 0 radical (unpaired) electrons. The van der Waals surface area contributed by atoms with Gasteiger partial charge < -0.3 is 19.4 Å². The van der Waals surface area contributed by atoms with Crippen LogP contribution in [0.25, 0.3) is 11.0 Å². The van der Waals surface area contributed by atoms with Gasteiger partial charge in [-0.1, -0.05) is 19.3 Å². The van der Waals surface area contributed by atoms with Gasteiger partial charge in [-0.2, -0.15) is 0 Å². The molecule has 1 saturated carbocycles. The van der Waals surface area contributed by atoms with Gasteiger partial charge in [0.15, 0.2) is 0 Å². The smallest absolute Gasteiger partial charge is 0.255 e. The summed E-state index contributed by atoms with van der Waals surface area (Å²) in [6, 6.07) is 6.08. The molecule has 5 nitrogen and oxygen atoms in total. The molecule has 2 heterocycles. The molecule has 1 aromatic heterocycles. The first-order valence-corrected chi connectivity index (χ1v) is 10.8. The van der Waals surface area contributed by atoms with E-state index in [0.29, 0.717) is 17.2 Å². The maximum atomic E-state index is 13.0. The Bertz CT molecular complexity index is 815. The molecular formula is C23H32N2O3. The van der Waals surface area contributed by atoms with Crippen LogP contribution in [0.3, 0.4) is 0 Å². The lowest BCUT2D eigenvalue weighted by atomic mass is 9.90. The van der Waals surface area contributed by atoms with E-state index in [1.54, 1.807) is 0 Å². The largest absolute Gasteiger partial charge is 0.493 e. The summed E-state index contributed by atoms with van der Waals surface area (Å²) in [6.45, 7) is 4.68. The van der Waals surface area contributed by atoms with Crippen molar-refractivity contribution < 1.29 is 13.9 Å². The summed E-state index contributed by atoms with van der Waals surface area (Å²) in [5.74, 6) is 2.12. The number of ether oxygens (including phenoxy) is 1. The van der Waals surface area contributed by atoms with E-state index in [1.165, 1.54) is 32.1 Å². The second-order valence-corrected chi connectivity index (χ2v) is 8.56. The van der Waals surface area contributed by atoms with E-state index in [4.69, 9.17) is 9.15 Å². The van der Waals surface area contributed by atoms with Gasteiger partial charge in [-0.15, -0.1) is 0 Å². The molecule has 2 fully saturated rings. The van der Waals surface area contributed by atoms with E-state index in [0.717, 1.165) is 49.3 Å². The number of hydrogen-bond acceptors (Lipinski definition) is 4. The van der Waals surface area contributed by atoms with Crippen LogP contribution in [0.5, 0.6) is 5.75 Å². The number of piperidine rings is 1. The maximum Gasteiger partial charge on any atom is 0.255 e. The minimum atomic E-state index is -0.0322. The summed E-state index contributed by atoms with van der Waals surface area (Å²) in [5.41, 5.74) is 1.40. The van der Waals surface area contributed by atoms with Gasteiger partial charge in [0.25, 0.3) is 5.91 Å². The lowest BCUT2D eigenvalue weighted by Crippen LogP contribution is -2.43. The predicted molar refractivity (Wildman–Crippen MR) is 111 cm³/mol. The molecule has 1 N–H and O–H groups in total. The number of furan rings is 1. The van der Waals surface area contributed by atoms with Crippen LogP contribution in [0.1, 0.15) is 61.1 Å². The lowest BCUT2D eigenvalue weighted by molar-refractivity contribution is 0.0917. The van der Waals surface area contributed by atoms with Gasteiger partial charge in [0.1, 0.15) is 17.1 Å². The summed E-state index contributed by atoms with van der Waals surface area (Å²) >= 11 is 0. The number of aryl methyl sites for hydroxylation is 1. The Hall–Kier alpha value is -2.01. The molecule has 0 spiro atoms. The van der Waals surface area contributed by atoms with E-state index in [2.05, 4.69) is 17.3 Å². The van der Waals surface area contributed by atoms with E-state index in [9.17, 15) is 4.79 Å². The Kier molecular flexibility index (Phi) is 5.90. The SMILES string of the molecule is Cc1oc2ccc(OCC3CCCCC3)cc2c1C(=O)NC1CCN(C)CC1. The van der Waals surface area contributed by atoms with Gasteiger partial charge in [0.05, 0.1) is 12.2 Å². The van der Waals surface area contributed by atoms with Crippen LogP contribution < -0.4 is 10.1 Å². The van der Waals surface area contributed by atoms with Gasteiger partial charge in [0, 0.05) is 11.4 Å². The highest BCUT2D eigenvalue weighted by atomic mass is 16.5. The number of nitrogens with one attached hydrogen (secondary N) is 1. The van der Waals surface area contributed by atoms with Gasteiger partial charge >= 0.3 is 0 Å². The van der Waals surface area contributed by atoms with Crippen LogP contribution in [0.15, 0.2) is 22.6 Å². The summed E-state index contributed by atoms with van der Waals surface area (Å²) < 4.78 is 11.9. The van der Waals surface area contributed by atoms with Crippen molar-refractivity contribution in [3.05, 3.63) is 29.5 Å². The quantitative estimate of drug-likeness (QED) is 0.823. The zero-order valence-electron chi connectivity index (χ0n) is 17.1. The minimum absolute atomic E-state index is 0.0322. The zero-order chi connectivity index (χ0) is 19.5. The molecule has 1 aliphatic heterocycles. The van der Waals surface area contributed by atoms with Crippen LogP contribution >= 0.6 is 0 Å². The van der Waals surface area contributed by atoms with Crippen LogP contribution in [0, 0.1) is 12.8 Å². The van der Waals surface area contributed by atoms with Crippen molar-refractivity contribution in [2.24, 2.45) is 5.92 Å². The zero-order valence-corrected chi connectivity index (χ0v) is 17.1. The fourth-order valence-corrected chi connectivity index (χ4v) is 4.55. The Morgan fingerprint density at radius 2 is 1.93 bits per heavy atom. The van der Waals surface area contributed by atoms with E-state index < -0.39 is 0 Å². The summed E-state index contributed by atoms with van der Waals surface area (Å²) in [7, 11) is 2.13. The highest BCUT2D eigenvalue weighted by molar-refractivity contribution is 6.07. The Morgan fingerprint density at radius 1 is 1.18 bits per heavy atom. The van der Waals surface area contributed by atoms with Crippen molar-refractivity contribution in [3.63, 3.8) is 0 Å². The summed E-state index contributed by atoms with van der Waals surface area (Å²) in [6.07, 6.45) is 8.49. The van der Waals surface area contributed by atoms with Crippen LogP contribution in [0.4, 0.5) is 0 Å². The van der Waals surface area contributed by atoms with E-state index >= 15 is 0 Å². The molecular weight excluding hydrogens is 352 g/mol. The molecule has 1 aliphatic carbocycles. The number of likely N-dealkylation sites (tertiary alicyclic amines) is 1. The first-order valence-electron chi connectivity index (χ1n) is 10.8. The molecule has 0 atom stereocenters. The maximum absolute atomic E-state index is 13.0. The fourth-order valence-electron chi connectivity index (χ4n) is 4.55. The molecule has 1 aromatic carbocycles. The van der Waals surface area contributed by atoms with Crippen molar-refractivity contribution in [2.45, 2.75) is 57.9 Å².